The average molecular weight is 355 g/mol. The van der Waals surface area contributed by atoms with E-state index in [1.165, 1.54) is 0 Å². The molecule has 0 aromatic heterocycles. The second kappa shape index (κ2) is 6.72. The molecule has 3 N–H and O–H groups in total. The minimum atomic E-state index is -0.648. The molecule has 2 atom stereocenters. The van der Waals surface area contributed by atoms with Crippen LogP contribution in [-0.2, 0) is 0 Å². The standard InChI is InChI=1S/C16H17BrClNO/c1-10-7-12(5-6-15(10)18)16(20)14(9-19)11-3-2-4-13(17)8-11/h2-8,14,16,20H,9,19H2,1H3. The SMILES string of the molecule is Cc1cc(C(O)C(CN)c2cccc(Br)c2)ccc1Cl. The van der Waals surface area contributed by atoms with Crippen LogP contribution in [-0.4, -0.2) is 11.7 Å². The largest absolute Gasteiger partial charge is 0.388 e. The third kappa shape index (κ3) is 3.41. The van der Waals surface area contributed by atoms with Crippen LogP contribution < -0.4 is 5.73 Å². The van der Waals surface area contributed by atoms with Crippen molar-refractivity contribution < 1.29 is 5.11 Å². The zero-order chi connectivity index (χ0) is 14.7. The molecule has 4 heteroatoms. The van der Waals surface area contributed by atoms with E-state index in [2.05, 4.69) is 15.9 Å². The summed E-state index contributed by atoms with van der Waals surface area (Å²) in [5, 5.41) is 11.3. The Morgan fingerprint density at radius 1 is 1.20 bits per heavy atom. The van der Waals surface area contributed by atoms with E-state index < -0.39 is 6.10 Å². The van der Waals surface area contributed by atoms with E-state index in [1.54, 1.807) is 0 Å². The summed E-state index contributed by atoms with van der Waals surface area (Å²) in [5.41, 5.74) is 8.66. The van der Waals surface area contributed by atoms with Gasteiger partial charge in [0.25, 0.3) is 0 Å². The third-order valence-corrected chi connectivity index (χ3v) is 4.35. The first-order chi connectivity index (χ1) is 9.52. The Kier molecular flexibility index (Phi) is 5.22. The van der Waals surface area contributed by atoms with Gasteiger partial charge < -0.3 is 10.8 Å². The van der Waals surface area contributed by atoms with Crippen LogP contribution in [0, 0.1) is 6.92 Å². The fourth-order valence-electron chi connectivity index (χ4n) is 2.27. The predicted molar refractivity (Wildman–Crippen MR) is 87.1 cm³/mol. The fraction of sp³-hybridized carbons (Fsp3) is 0.250. The number of aryl methyl sites for hydroxylation is 1. The van der Waals surface area contributed by atoms with Gasteiger partial charge in [-0.05, 0) is 41.8 Å². The molecular formula is C16H17BrClNO. The third-order valence-electron chi connectivity index (χ3n) is 3.44. The number of halogens is 2. The first kappa shape index (κ1) is 15.5. The normalized spacial score (nSPS) is 14.1. The maximum atomic E-state index is 10.6. The summed E-state index contributed by atoms with van der Waals surface area (Å²) in [7, 11) is 0. The Bertz CT molecular complexity index is 603. The van der Waals surface area contributed by atoms with Gasteiger partial charge in [-0.25, -0.2) is 0 Å². The highest BCUT2D eigenvalue weighted by Gasteiger charge is 2.22. The van der Waals surface area contributed by atoms with E-state index >= 15 is 0 Å². The lowest BCUT2D eigenvalue weighted by Crippen LogP contribution is -2.20. The molecule has 0 fully saturated rings. The van der Waals surface area contributed by atoms with Crippen molar-refractivity contribution in [1.29, 1.82) is 0 Å². The molecule has 0 heterocycles. The highest BCUT2D eigenvalue weighted by Crippen LogP contribution is 2.32. The summed E-state index contributed by atoms with van der Waals surface area (Å²) >= 11 is 9.47. The van der Waals surface area contributed by atoms with Crippen LogP contribution >= 0.6 is 27.5 Å². The molecule has 2 aromatic rings. The van der Waals surface area contributed by atoms with Gasteiger partial charge in [0.15, 0.2) is 0 Å². The Labute approximate surface area is 132 Å². The summed E-state index contributed by atoms with van der Waals surface area (Å²) in [6.07, 6.45) is -0.648. The molecule has 0 radical (unpaired) electrons. The maximum absolute atomic E-state index is 10.6. The first-order valence-corrected chi connectivity index (χ1v) is 7.59. The molecule has 0 aliphatic carbocycles. The lowest BCUT2D eigenvalue weighted by atomic mass is 9.89. The lowest BCUT2D eigenvalue weighted by molar-refractivity contribution is 0.147. The van der Waals surface area contributed by atoms with Crippen molar-refractivity contribution in [2.75, 3.05) is 6.54 Å². The number of hydrogen-bond donors (Lipinski definition) is 2. The van der Waals surface area contributed by atoms with Crippen molar-refractivity contribution in [3.63, 3.8) is 0 Å². The van der Waals surface area contributed by atoms with Gasteiger partial charge in [-0.15, -0.1) is 0 Å². The van der Waals surface area contributed by atoms with Crippen LogP contribution in [0.2, 0.25) is 5.02 Å². The van der Waals surface area contributed by atoms with Gasteiger partial charge in [-0.2, -0.15) is 0 Å². The van der Waals surface area contributed by atoms with Crippen LogP contribution in [0.4, 0.5) is 0 Å². The molecule has 0 saturated heterocycles. The van der Waals surface area contributed by atoms with Gasteiger partial charge in [0.2, 0.25) is 0 Å². The molecule has 0 aliphatic rings. The molecule has 2 unspecified atom stereocenters. The topological polar surface area (TPSA) is 46.2 Å². The summed E-state index contributed by atoms with van der Waals surface area (Å²) in [6, 6.07) is 13.4. The van der Waals surface area contributed by atoms with Crippen molar-refractivity contribution in [3.8, 4) is 0 Å². The molecule has 0 amide bonds. The summed E-state index contributed by atoms with van der Waals surface area (Å²) in [5.74, 6) is -0.145. The monoisotopic (exact) mass is 353 g/mol. The number of aliphatic hydroxyl groups excluding tert-OH is 1. The molecule has 0 bridgehead atoms. The molecule has 20 heavy (non-hydrogen) atoms. The Balaban J connectivity index is 2.33. The van der Waals surface area contributed by atoms with Crippen molar-refractivity contribution in [3.05, 3.63) is 68.7 Å². The molecular weight excluding hydrogens is 338 g/mol. The van der Waals surface area contributed by atoms with Gasteiger partial charge in [0.1, 0.15) is 0 Å². The second-order valence-electron chi connectivity index (χ2n) is 4.85. The molecule has 0 aliphatic heterocycles. The van der Waals surface area contributed by atoms with Crippen LogP contribution in [0.1, 0.15) is 28.7 Å². The number of hydrogen-bond acceptors (Lipinski definition) is 2. The van der Waals surface area contributed by atoms with Gasteiger partial charge in [-0.3, -0.25) is 0 Å². The Morgan fingerprint density at radius 3 is 2.55 bits per heavy atom. The minimum Gasteiger partial charge on any atom is -0.388 e. The van der Waals surface area contributed by atoms with Gasteiger partial charge in [0.05, 0.1) is 6.10 Å². The van der Waals surface area contributed by atoms with Gasteiger partial charge in [0, 0.05) is 22.0 Å². The second-order valence-corrected chi connectivity index (χ2v) is 6.17. The smallest absolute Gasteiger partial charge is 0.0870 e. The Morgan fingerprint density at radius 2 is 1.95 bits per heavy atom. The van der Waals surface area contributed by atoms with E-state index in [1.807, 2.05) is 49.4 Å². The number of aliphatic hydroxyl groups is 1. The van der Waals surface area contributed by atoms with Crippen molar-refractivity contribution in [2.45, 2.75) is 18.9 Å². The van der Waals surface area contributed by atoms with Crippen molar-refractivity contribution in [2.24, 2.45) is 5.73 Å². The van der Waals surface area contributed by atoms with Crippen molar-refractivity contribution in [1.82, 2.24) is 0 Å². The van der Waals surface area contributed by atoms with Gasteiger partial charge >= 0.3 is 0 Å². The first-order valence-electron chi connectivity index (χ1n) is 6.42. The van der Waals surface area contributed by atoms with E-state index in [4.69, 9.17) is 17.3 Å². The van der Waals surface area contributed by atoms with Crippen LogP contribution in [0.5, 0.6) is 0 Å². The fourth-order valence-corrected chi connectivity index (χ4v) is 2.80. The van der Waals surface area contributed by atoms with E-state index in [9.17, 15) is 5.11 Å². The quantitative estimate of drug-likeness (QED) is 0.865. The molecule has 2 aromatic carbocycles. The number of nitrogens with two attached hydrogens (primary N) is 1. The number of rotatable bonds is 4. The average Bonchev–Trinajstić information content (AvgIpc) is 2.42. The predicted octanol–water partition coefficient (Wildman–Crippen LogP) is 4.19. The molecule has 106 valence electrons. The summed E-state index contributed by atoms with van der Waals surface area (Å²) < 4.78 is 0.980. The highest BCUT2D eigenvalue weighted by atomic mass is 79.9. The van der Waals surface area contributed by atoms with Gasteiger partial charge in [-0.1, -0.05) is 51.8 Å². The van der Waals surface area contributed by atoms with Crippen LogP contribution in [0.15, 0.2) is 46.9 Å². The van der Waals surface area contributed by atoms with Crippen LogP contribution in [0.25, 0.3) is 0 Å². The molecule has 2 nitrogen and oxygen atoms in total. The zero-order valence-corrected chi connectivity index (χ0v) is 13.5. The Hall–Kier alpha value is -0.870. The van der Waals surface area contributed by atoms with Crippen molar-refractivity contribution >= 4 is 27.5 Å². The molecule has 2 rings (SSSR count). The zero-order valence-electron chi connectivity index (χ0n) is 11.2. The van der Waals surface area contributed by atoms with E-state index in [0.29, 0.717) is 11.6 Å². The van der Waals surface area contributed by atoms with E-state index in [0.717, 1.165) is 21.2 Å². The highest BCUT2D eigenvalue weighted by molar-refractivity contribution is 9.10. The molecule has 0 saturated carbocycles. The summed E-state index contributed by atoms with van der Waals surface area (Å²) in [6.45, 7) is 2.30. The number of benzene rings is 2. The minimum absolute atomic E-state index is 0.145. The summed E-state index contributed by atoms with van der Waals surface area (Å²) in [4.78, 5) is 0. The van der Waals surface area contributed by atoms with E-state index in [-0.39, 0.29) is 5.92 Å². The lowest BCUT2D eigenvalue weighted by Gasteiger charge is -2.23. The maximum Gasteiger partial charge on any atom is 0.0870 e. The molecule has 0 spiro atoms. The van der Waals surface area contributed by atoms with Crippen LogP contribution in [0.3, 0.4) is 0 Å².